The normalized spacial score (nSPS) is 13.8. The summed E-state index contributed by atoms with van der Waals surface area (Å²) in [5.74, 6) is 1.15. The Kier molecular flexibility index (Phi) is 5.43. The van der Waals surface area contributed by atoms with Gasteiger partial charge in [-0.15, -0.1) is 0 Å². The molecular formula is C18H36OSi2. The number of aryl methyl sites for hydroxylation is 1. The van der Waals surface area contributed by atoms with Crippen LogP contribution in [0, 0.1) is 13.8 Å². The maximum absolute atomic E-state index is 6.52. The van der Waals surface area contributed by atoms with Crippen LogP contribution in [0.15, 0.2) is 4.42 Å². The summed E-state index contributed by atoms with van der Waals surface area (Å²) in [4.78, 5) is 0. The van der Waals surface area contributed by atoms with Gasteiger partial charge in [-0.25, -0.2) is 0 Å². The average Bonchev–Trinajstić information content (AvgIpc) is 2.53. The van der Waals surface area contributed by atoms with E-state index in [1.54, 1.807) is 5.19 Å². The molecule has 0 atom stereocenters. The van der Waals surface area contributed by atoms with Crippen molar-refractivity contribution in [1.82, 2.24) is 0 Å². The molecule has 0 aliphatic carbocycles. The number of rotatable bonds is 5. The van der Waals surface area contributed by atoms with Gasteiger partial charge in [0.15, 0.2) is 0 Å². The van der Waals surface area contributed by atoms with E-state index in [9.17, 15) is 0 Å². The minimum Gasteiger partial charge on any atom is -0.471 e. The van der Waals surface area contributed by atoms with Gasteiger partial charge >= 0.3 is 0 Å². The van der Waals surface area contributed by atoms with Gasteiger partial charge in [-0.1, -0.05) is 61.2 Å². The molecule has 0 spiro atoms. The molecular weight excluding hydrogens is 288 g/mol. The summed E-state index contributed by atoms with van der Waals surface area (Å²) in [6, 6.07) is 0. The second-order valence-electron chi connectivity index (χ2n) is 8.63. The van der Waals surface area contributed by atoms with Gasteiger partial charge < -0.3 is 4.42 Å². The molecule has 0 fully saturated rings. The number of hydrogen-bond donors (Lipinski definition) is 0. The van der Waals surface area contributed by atoms with Crippen molar-refractivity contribution < 1.29 is 4.42 Å². The van der Waals surface area contributed by atoms with Crippen molar-refractivity contribution in [3.8, 4) is 0 Å². The Morgan fingerprint density at radius 3 is 1.43 bits per heavy atom. The molecule has 1 aromatic heterocycles. The smallest absolute Gasteiger partial charge is 0.139 e. The first kappa shape index (κ1) is 18.8. The van der Waals surface area contributed by atoms with E-state index >= 15 is 0 Å². The number of furan rings is 1. The highest BCUT2D eigenvalue weighted by atomic mass is 28.3. The Morgan fingerprint density at radius 2 is 1.14 bits per heavy atom. The molecule has 0 aromatic carbocycles. The summed E-state index contributed by atoms with van der Waals surface area (Å²) in [5.41, 5.74) is 3.55. The molecule has 0 radical (unpaired) electrons. The zero-order valence-corrected chi connectivity index (χ0v) is 18.1. The van der Waals surface area contributed by atoms with Crippen LogP contribution in [0.3, 0.4) is 0 Å². The predicted molar refractivity (Wildman–Crippen MR) is 102 cm³/mol. The van der Waals surface area contributed by atoms with Gasteiger partial charge in [0, 0.05) is 0 Å². The van der Waals surface area contributed by atoms with Crippen LogP contribution in [0.4, 0.5) is 0 Å². The fraction of sp³-hybridized carbons (Fsp3) is 0.778. The molecule has 0 bridgehead atoms. The first-order valence-electron chi connectivity index (χ1n) is 8.49. The lowest BCUT2D eigenvalue weighted by Gasteiger charge is -2.43. The van der Waals surface area contributed by atoms with Gasteiger partial charge in [-0.2, -0.15) is 0 Å². The highest BCUT2D eigenvalue weighted by Crippen LogP contribution is 2.41. The Morgan fingerprint density at radius 1 is 0.762 bits per heavy atom. The van der Waals surface area contributed by atoms with Gasteiger partial charge in [-0.05, 0) is 41.2 Å². The lowest BCUT2D eigenvalue weighted by Crippen LogP contribution is -2.64. The van der Waals surface area contributed by atoms with Gasteiger partial charge in [-0.3, -0.25) is 0 Å². The number of hydrogen-bond acceptors (Lipinski definition) is 1. The fourth-order valence-corrected chi connectivity index (χ4v) is 15.0. The summed E-state index contributed by atoms with van der Waals surface area (Å²) in [5, 5.41) is 3.07. The molecule has 21 heavy (non-hydrogen) atoms. The summed E-state index contributed by atoms with van der Waals surface area (Å²) in [6.07, 6.45) is 0. The molecule has 0 saturated heterocycles. The third-order valence-corrected chi connectivity index (χ3v) is 14.6. The molecule has 1 nitrogen and oxygen atoms in total. The average molecular weight is 325 g/mol. The molecule has 3 heteroatoms. The summed E-state index contributed by atoms with van der Waals surface area (Å²) in [6.45, 7) is 26.4. The van der Waals surface area contributed by atoms with Crippen LogP contribution in [0.2, 0.25) is 36.3 Å². The van der Waals surface area contributed by atoms with Gasteiger partial charge in [0.1, 0.15) is 13.8 Å². The Bertz CT molecular complexity index is 468. The van der Waals surface area contributed by atoms with Crippen LogP contribution in [-0.2, 0) is 0 Å². The largest absolute Gasteiger partial charge is 0.471 e. The van der Waals surface area contributed by atoms with Crippen LogP contribution in [-0.4, -0.2) is 16.1 Å². The quantitative estimate of drug-likeness (QED) is 0.667. The molecule has 1 aromatic rings. The van der Waals surface area contributed by atoms with E-state index in [0.717, 1.165) is 5.76 Å². The first-order valence-corrected chi connectivity index (χ1v) is 14.2. The standard InChI is InChI=1S/C18H36OSi2/c1-12(2)21(13(3)4,14(5)6)18-17(20(9,10)11)15(7)16(8)19-18/h12-14H,1-11H3. The van der Waals surface area contributed by atoms with Crippen molar-refractivity contribution >= 4 is 26.7 Å². The zero-order valence-electron chi connectivity index (χ0n) is 16.1. The molecule has 0 aliphatic rings. The van der Waals surface area contributed by atoms with Crippen LogP contribution < -0.4 is 10.6 Å². The summed E-state index contributed by atoms with van der Waals surface area (Å²) in [7, 11) is -3.11. The zero-order chi connectivity index (χ0) is 16.7. The van der Waals surface area contributed by atoms with Crippen LogP contribution >= 0.6 is 0 Å². The van der Waals surface area contributed by atoms with Crippen LogP contribution in [0.1, 0.15) is 52.9 Å². The molecule has 0 amide bonds. The third kappa shape index (κ3) is 2.96. The lowest BCUT2D eigenvalue weighted by atomic mass is 10.3. The van der Waals surface area contributed by atoms with Crippen molar-refractivity contribution in [2.75, 3.05) is 0 Å². The van der Waals surface area contributed by atoms with Gasteiger partial charge in [0.2, 0.25) is 0 Å². The van der Waals surface area contributed by atoms with Crippen LogP contribution in [0.25, 0.3) is 0 Å². The maximum Gasteiger partial charge on any atom is 0.139 e. The van der Waals surface area contributed by atoms with E-state index in [4.69, 9.17) is 4.42 Å². The SMILES string of the molecule is Cc1oc([Si](C(C)C)(C(C)C)C(C)C)c([Si](C)(C)C)c1C. The third-order valence-electron chi connectivity index (χ3n) is 5.39. The Hall–Kier alpha value is -0.286. The molecule has 1 heterocycles. The molecule has 122 valence electrons. The van der Waals surface area contributed by atoms with E-state index in [1.165, 1.54) is 10.9 Å². The molecule has 0 saturated carbocycles. The van der Waals surface area contributed by atoms with Crippen molar-refractivity contribution in [3.63, 3.8) is 0 Å². The molecule has 0 unspecified atom stereocenters. The fourth-order valence-electron chi connectivity index (χ4n) is 4.62. The topological polar surface area (TPSA) is 13.1 Å². The predicted octanol–water partition coefficient (Wildman–Crippen LogP) is 5.33. The highest BCUT2D eigenvalue weighted by molar-refractivity contribution is 7.01. The van der Waals surface area contributed by atoms with Gasteiger partial charge in [0.05, 0.1) is 13.5 Å². The first-order chi connectivity index (χ1) is 9.38. The van der Waals surface area contributed by atoms with Gasteiger partial charge in [0.25, 0.3) is 0 Å². The molecule has 1 rings (SSSR count). The minimum absolute atomic E-state index is 0.706. The summed E-state index contributed by atoms with van der Waals surface area (Å²) >= 11 is 0. The van der Waals surface area contributed by atoms with E-state index in [-0.39, 0.29) is 0 Å². The minimum atomic E-state index is -1.70. The van der Waals surface area contributed by atoms with Crippen molar-refractivity contribution in [3.05, 3.63) is 11.3 Å². The highest BCUT2D eigenvalue weighted by Gasteiger charge is 2.50. The maximum atomic E-state index is 6.52. The van der Waals surface area contributed by atoms with E-state index in [1.807, 2.05) is 0 Å². The second kappa shape index (κ2) is 6.07. The Labute approximate surface area is 134 Å². The van der Waals surface area contributed by atoms with E-state index < -0.39 is 16.1 Å². The summed E-state index contributed by atoms with van der Waals surface area (Å²) < 4.78 is 6.52. The second-order valence-corrected chi connectivity index (χ2v) is 19.4. The van der Waals surface area contributed by atoms with E-state index in [2.05, 4.69) is 75.0 Å². The van der Waals surface area contributed by atoms with Crippen LogP contribution in [0.5, 0.6) is 0 Å². The van der Waals surface area contributed by atoms with Crippen molar-refractivity contribution in [1.29, 1.82) is 0 Å². The lowest BCUT2D eigenvalue weighted by molar-refractivity contribution is 0.552. The molecule has 0 N–H and O–H groups in total. The van der Waals surface area contributed by atoms with E-state index in [0.29, 0.717) is 16.6 Å². The van der Waals surface area contributed by atoms with Crippen molar-refractivity contribution in [2.45, 2.75) is 91.7 Å². The van der Waals surface area contributed by atoms with Crippen molar-refractivity contribution in [2.24, 2.45) is 0 Å². The Balaban J connectivity index is 3.80. The monoisotopic (exact) mass is 324 g/mol. The molecule has 0 aliphatic heterocycles.